The van der Waals surface area contributed by atoms with Gasteiger partial charge in [-0.05, 0) is 0 Å². The lowest BCUT2D eigenvalue weighted by molar-refractivity contribution is -0.0850. The topological polar surface area (TPSA) is 28.1 Å². The molecule has 0 aromatic rings. The van der Waals surface area contributed by atoms with E-state index in [4.69, 9.17) is 5.39 Å². The van der Waals surface area contributed by atoms with Crippen LogP contribution in [0.4, 0.5) is 13.2 Å². The van der Waals surface area contributed by atoms with Crippen LogP contribution in [0, 0.1) is 5.39 Å². The molecule has 0 atom stereocenters. The monoisotopic (exact) mass is 97.0 g/mol. The molecule has 0 saturated heterocycles. The van der Waals surface area contributed by atoms with E-state index < -0.39 is 6.30 Å². The second-order valence-corrected chi connectivity index (χ2v) is 0.568. The third-order valence-corrected chi connectivity index (χ3v) is 0.113. The number of diazo groups is 1. The van der Waals surface area contributed by atoms with Gasteiger partial charge in [0.1, 0.15) is 0 Å². The standard InChI is InChI=1S/CF3N2/c2-1(3,4)6-5/q+1. The van der Waals surface area contributed by atoms with Gasteiger partial charge in [0.15, 0.2) is 0 Å². The maximum Gasteiger partial charge on any atom is 0.788 e. The van der Waals surface area contributed by atoms with Gasteiger partial charge in [0, 0.05) is 0 Å². The first-order valence-corrected chi connectivity index (χ1v) is 0.991. The Bertz CT molecular complexity index is 75.8. The first-order valence-electron chi connectivity index (χ1n) is 0.991. The van der Waals surface area contributed by atoms with Gasteiger partial charge in [0.05, 0.1) is 0 Å². The highest BCUT2D eigenvalue weighted by Gasteiger charge is 2.46. The minimum absolute atomic E-state index is 1.02. The molecule has 34 valence electrons. The number of hydrogen-bond donors (Lipinski definition) is 0. The summed E-state index contributed by atoms with van der Waals surface area (Å²) in [4.78, 5) is 1.02. The van der Waals surface area contributed by atoms with E-state index >= 15 is 0 Å². The quantitative estimate of drug-likeness (QED) is 0.331. The molecule has 0 radical (unpaired) electrons. The molecule has 6 heavy (non-hydrogen) atoms. The Morgan fingerprint density at radius 1 is 1.33 bits per heavy atom. The highest BCUT2D eigenvalue weighted by molar-refractivity contribution is 4.54. The summed E-state index contributed by atoms with van der Waals surface area (Å²) in [5, 5.41) is 6.90. The van der Waals surface area contributed by atoms with E-state index in [9.17, 15) is 13.2 Å². The third-order valence-electron chi connectivity index (χ3n) is 0.113. The van der Waals surface area contributed by atoms with Crippen molar-refractivity contribution in [3.05, 3.63) is 4.98 Å². The number of halogens is 3. The van der Waals surface area contributed by atoms with Gasteiger partial charge in [0.25, 0.3) is 4.98 Å². The van der Waals surface area contributed by atoms with Gasteiger partial charge in [-0.3, -0.25) is 0 Å². The van der Waals surface area contributed by atoms with Crippen molar-refractivity contribution in [2.24, 2.45) is 0 Å². The average molecular weight is 97.0 g/mol. The average Bonchev–Trinajstić information content (AvgIpc) is 1.35. The molecule has 0 aromatic carbocycles. The molecule has 0 fully saturated rings. The predicted molar refractivity (Wildman–Crippen MR) is 11.1 cm³/mol. The van der Waals surface area contributed by atoms with E-state index in [2.05, 4.69) is 0 Å². The van der Waals surface area contributed by atoms with Crippen molar-refractivity contribution in [2.75, 3.05) is 0 Å². The Morgan fingerprint density at radius 3 is 1.50 bits per heavy atom. The summed E-state index contributed by atoms with van der Waals surface area (Å²) in [5.74, 6) is 0. The van der Waals surface area contributed by atoms with E-state index in [1.165, 1.54) is 0 Å². The molecule has 0 aliphatic heterocycles. The Hall–Kier alpha value is -0.790. The maximum atomic E-state index is 10.4. The van der Waals surface area contributed by atoms with Crippen LogP contribution in [0.1, 0.15) is 0 Å². The molecule has 0 aromatic heterocycles. The van der Waals surface area contributed by atoms with Gasteiger partial charge in [-0.2, -0.15) is 0 Å². The van der Waals surface area contributed by atoms with Crippen molar-refractivity contribution < 1.29 is 13.2 Å². The second kappa shape index (κ2) is 1.12. The number of hydrogen-bond acceptors (Lipinski definition) is 1. The smallest absolute Gasteiger partial charge is 0.0880 e. The van der Waals surface area contributed by atoms with E-state index in [0.717, 1.165) is 4.98 Å². The molecular weight excluding hydrogens is 97.0 g/mol. The van der Waals surface area contributed by atoms with Crippen LogP contribution in [0.3, 0.4) is 0 Å². The molecule has 0 rings (SSSR count). The van der Waals surface area contributed by atoms with Gasteiger partial charge in [-0.1, -0.05) is 13.2 Å². The zero-order valence-corrected chi connectivity index (χ0v) is 2.53. The number of rotatable bonds is 0. The Balaban J connectivity index is 3.55. The number of alkyl halides is 3. The summed E-state index contributed by atoms with van der Waals surface area (Å²) in [6.07, 6.45) is -4.78. The molecular formula is CF3N2+. The SMILES string of the molecule is N#[N+]C(F)(F)F. The summed E-state index contributed by atoms with van der Waals surface area (Å²) in [7, 11) is 0. The molecule has 0 unspecified atom stereocenters. The highest BCUT2D eigenvalue weighted by atomic mass is 19.4. The van der Waals surface area contributed by atoms with E-state index in [-0.39, 0.29) is 0 Å². The van der Waals surface area contributed by atoms with Gasteiger partial charge in [-0.25, -0.2) is 0 Å². The van der Waals surface area contributed by atoms with Crippen molar-refractivity contribution in [3.8, 4) is 0 Å². The van der Waals surface area contributed by atoms with Crippen LogP contribution in [0.15, 0.2) is 0 Å². The van der Waals surface area contributed by atoms with E-state index in [0.29, 0.717) is 0 Å². The van der Waals surface area contributed by atoms with Crippen LogP contribution < -0.4 is 0 Å². The van der Waals surface area contributed by atoms with Crippen molar-refractivity contribution in [2.45, 2.75) is 6.30 Å². The predicted octanol–water partition coefficient (Wildman–Crippen LogP) is 1.36. The fourth-order valence-corrected chi connectivity index (χ4v) is 0. The Morgan fingerprint density at radius 2 is 1.50 bits per heavy atom. The molecule has 0 N–H and O–H groups in total. The van der Waals surface area contributed by atoms with Crippen LogP contribution in [-0.2, 0) is 0 Å². The Labute approximate surface area is 31.2 Å². The molecule has 5 heteroatoms. The van der Waals surface area contributed by atoms with Crippen LogP contribution in [0.5, 0.6) is 0 Å². The molecule has 0 bridgehead atoms. The third kappa shape index (κ3) is 3.21. The van der Waals surface area contributed by atoms with Crippen LogP contribution in [-0.4, -0.2) is 6.30 Å². The maximum absolute atomic E-state index is 10.4. The second-order valence-electron chi connectivity index (χ2n) is 0.568. The van der Waals surface area contributed by atoms with E-state index in [1.807, 2.05) is 0 Å². The highest BCUT2D eigenvalue weighted by Crippen LogP contribution is 2.14. The van der Waals surface area contributed by atoms with Crippen LogP contribution in [0.25, 0.3) is 4.98 Å². The van der Waals surface area contributed by atoms with Gasteiger partial charge in [0.2, 0.25) is 5.39 Å². The van der Waals surface area contributed by atoms with Gasteiger partial charge < -0.3 is 0 Å². The van der Waals surface area contributed by atoms with Gasteiger partial charge >= 0.3 is 6.30 Å². The lowest BCUT2D eigenvalue weighted by Gasteiger charge is -1.67. The fourth-order valence-electron chi connectivity index (χ4n) is 0. The molecule has 0 amide bonds. The van der Waals surface area contributed by atoms with Gasteiger partial charge in [-0.15, -0.1) is 0 Å². The van der Waals surface area contributed by atoms with Crippen LogP contribution >= 0.6 is 0 Å². The summed E-state index contributed by atoms with van der Waals surface area (Å²) >= 11 is 0. The summed E-state index contributed by atoms with van der Waals surface area (Å²) < 4.78 is 31.1. The first-order chi connectivity index (χ1) is 2.56. The summed E-state index contributed by atoms with van der Waals surface area (Å²) in [6, 6.07) is 0. The van der Waals surface area contributed by atoms with Crippen molar-refractivity contribution in [1.29, 1.82) is 5.39 Å². The van der Waals surface area contributed by atoms with E-state index in [1.54, 1.807) is 0 Å². The van der Waals surface area contributed by atoms with Crippen molar-refractivity contribution in [1.82, 2.24) is 0 Å². The van der Waals surface area contributed by atoms with Crippen LogP contribution in [0.2, 0.25) is 0 Å². The fraction of sp³-hybridized carbons (Fsp3) is 1.00. The molecule has 0 spiro atoms. The largest absolute Gasteiger partial charge is 0.788 e. The molecule has 2 nitrogen and oxygen atoms in total. The molecule has 0 heterocycles. The minimum atomic E-state index is -4.78. The summed E-state index contributed by atoms with van der Waals surface area (Å²) in [6.45, 7) is 0. The normalized spacial score (nSPS) is 10.3. The zero-order valence-electron chi connectivity index (χ0n) is 2.53. The van der Waals surface area contributed by atoms with Crippen molar-refractivity contribution >= 4 is 0 Å². The molecule has 0 aliphatic rings. The lowest BCUT2D eigenvalue weighted by atomic mass is 11.2. The first kappa shape index (κ1) is 5.21. The Kier molecular flexibility index (Phi) is 0.977. The summed E-state index contributed by atoms with van der Waals surface area (Å²) in [5.41, 5.74) is 0. The van der Waals surface area contributed by atoms with Crippen molar-refractivity contribution in [3.63, 3.8) is 0 Å². The lowest BCUT2D eigenvalue weighted by Crippen LogP contribution is -1.95. The zero-order chi connectivity index (χ0) is 5.21. The molecule has 0 saturated carbocycles. The minimum Gasteiger partial charge on any atom is -0.0880 e. The number of nitrogens with zero attached hydrogens (tertiary/aromatic N) is 2. The molecule has 0 aliphatic carbocycles.